The Hall–Kier alpha value is -0.520. The minimum absolute atomic E-state index is 0.263. The van der Waals surface area contributed by atoms with E-state index in [4.69, 9.17) is 15.5 Å². The second-order valence-electron chi connectivity index (χ2n) is 2.91. The molecule has 0 aliphatic carbocycles. The summed E-state index contributed by atoms with van der Waals surface area (Å²) in [6.45, 7) is 1.68. The first-order chi connectivity index (χ1) is 6.90. The fourth-order valence-corrected chi connectivity index (χ4v) is 1.37. The van der Waals surface area contributed by atoms with Gasteiger partial charge in [-0.15, -0.1) is 0 Å². The summed E-state index contributed by atoms with van der Waals surface area (Å²) in [7, 11) is -4.67. The van der Waals surface area contributed by atoms with Crippen molar-refractivity contribution in [1.82, 2.24) is 0 Å². The SMILES string of the molecule is CCCC=CC(=O)C(CN)OP(=O)(O)O. The first-order valence-corrected chi connectivity index (χ1v) is 6.08. The molecule has 0 saturated carbocycles. The molecule has 6 nitrogen and oxygen atoms in total. The first-order valence-electron chi connectivity index (χ1n) is 4.55. The molecule has 0 aliphatic rings. The highest BCUT2D eigenvalue weighted by Gasteiger charge is 2.25. The van der Waals surface area contributed by atoms with Gasteiger partial charge in [0, 0.05) is 6.54 Å². The lowest BCUT2D eigenvalue weighted by Crippen LogP contribution is -2.30. The Morgan fingerprint density at radius 1 is 1.60 bits per heavy atom. The van der Waals surface area contributed by atoms with E-state index in [0.717, 1.165) is 12.8 Å². The van der Waals surface area contributed by atoms with E-state index in [1.807, 2.05) is 6.92 Å². The van der Waals surface area contributed by atoms with Crippen LogP contribution in [0.5, 0.6) is 0 Å². The molecule has 0 aliphatic heterocycles. The summed E-state index contributed by atoms with van der Waals surface area (Å²) >= 11 is 0. The van der Waals surface area contributed by atoms with Crippen molar-refractivity contribution in [3.05, 3.63) is 12.2 Å². The van der Waals surface area contributed by atoms with Gasteiger partial charge in [0.15, 0.2) is 5.78 Å². The first kappa shape index (κ1) is 14.5. The van der Waals surface area contributed by atoms with Crippen LogP contribution in [0.3, 0.4) is 0 Å². The van der Waals surface area contributed by atoms with E-state index in [0.29, 0.717) is 0 Å². The molecular weight excluding hydrogens is 221 g/mol. The van der Waals surface area contributed by atoms with Crippen LogP contribution in [0.15, 0.2) is 12.2 Å². The number of nitrogens with two attached hydrogens (primary N) is 1. The highest BCUT2D eigenvalue weighted by atomic mass is 31.2. The number of ketones is 1. The van der Waals surface area contributed by atoms with Crippen LogP contribution < -0.4 is 5.73 Å². The molecule has 7 heteroatoms. The minimum Gasteiger partial charge on any atom is -0.328 e. The van der Waals surface area contributed by atoms with Crippen LogP contribution in [0.2, 0.25) is 0 Å². The average Bonchev–Trinajstić information content (AvgIpc) is 2.13. The van der Waals surface area contributed by atoms with E-state index >= 15 is 0 Å². The van der Waals surface area contributed by atoms with Crippen molar-refractivity contribution in [2.24, 2.45) is 5.73 Å². The normalized spacial score (nSPS) is 14.4. The molecule has 0 bridgehead atoms. The number of phosphoric ester groups is 1. The van der Waals surface area contributed by atoms with Gasteiger partial charge in [-0.25, -0.2) is 4.57 Å². The van der Waals surface area contributed by atoms with E-state index in [9.17, 15) is 9.36 Å². The van der Waals surface area contributed by atoms with Crippen LogP contribution in [0.1, 0.15) is 19.8 Å². The maximum atomic E-state index is 11.3. The maximum Gasteiger partial charge on any atom is 0.470 e. The summed E-state index contributed by atoms with van der Waals surface area (Å²) < 4.78 is 14.7. The molecule has 0 amide bonds. The molecule has 0 aromatic heterocycles. The molecule has 1 atom stereocenters. The third kappa shape index (κ3) is 7.41. The number of hydrogen-bond donors (Lipinski definition) is 3. The Labute approximate surface area is 88.4 Å². The zero-order valence-corrected chi connectivity index (χ0v) is 9.39. The van der Waals surface area contributed by atoms with Crippen molar-refractivity contribution >= 4 is 13.6 Å². The lowest BCUT2D eigenvalue weighted by molar-refractivity contribution is -0.121. The summed E-state index contributed by atoms with van der Waals surface area (Å²) in [4.78, 5) is 28.3. The van der Waals surface area contributed by atoms with Gasteiger partial charge < -0.3 is 15.5 Å². The van der Waals surface area contributed by atoms with E-state index in [1.54, 1.807) is 6.08 Å². The van der Waals surface area contributed by atoms with Crippen molar-refractivity contribution in [3.63, 3.8) is 0 Å². The maximum absolute atomic E-state index is 11.3. The van der Waals surface area contributed by atoms with Gasteiger partial charge in [-0.05, 0) is 12.5 Å². The van der Waals surface area contributed by atoms with E-state index in [1.165, 1.54) is 6.08 Å². The van der Waals surface area contributed by atoms with Crippen LogP contribution in [0.4, 0.5) is 0 Å². The highest BCUT2D eigenvalue weighted by molar-refractivity contribution is 7.46. The van der Waals surface area contributed by atoms with Gasteiger partial charge in [-0.2, -0.15) is 0 Å². The van der Waals surface area contributed by atoms with Crippen LogP contribution >= 0.6 is 7.82 Å². The molecule has 0 aromatic rings. The number of carbonyl (C=O) groups is 1. The lowest BCUT2D eigenvalue weighted by Gasteiger charge is -2.12. The molecule has 0 rings (SSSR count). The predicted molar refractivity (Wildman–Crippen MR) is 55.0 cm³/mol. The number of phosphoric acid groups is 1. The van der Waals surface area contributed by atoms with Crippen molar-refractivity contribution in [1.29, 1.82) is 0 Å². The predicted octanol–water partition coefficient (Wildman–Crippen LogP) is 0.348. The fraction of sp³-hybridized carbons (Fsp3) is 0.625. The highest BCUT2D eigenvalue weighted by Crippen LogP contribution is 2.37. The van der Waals surface area contributed by atoms with Gasteiger partial charge in [0.05, 0.1) is 0 Å². The zero-order valence-electron chi connectivity index (χ0n) is 8.50. The van der Waals surface area contributed by atoms with Gasteiger partial charge >= 0.3 is 7.82 Å². The topological polar surface area (TPSA) is 110 Å². The molecule has 4 N–H and O–H groups in total. The third-order valence-corrected chi connectivity index (χ3v) is 2.06. The number of carbonyl (C=O) groups excluding carboxylic acids is 1. The van der Waals surface area contributed by atoms with Crippen LogP contribution in [0, 0.1) is 0 Å². The molecule has 0 heterocycles. The monoisotopic (exact) mass is 237 g/mol. The summed E-state index contributed by atoms with van der Waals surface area (Å²) in [6.07, 6.45) is 3.18. The molecule has 0 aromatic carbocycles. The molecule has 1 unspecified atom stereocenters. The average molecular weight is 237 g/mol. The second kappa shape index (κ2) is 6.87. The van der Waals surface area contributed by atoms with Crippen molar-refractivity contribution in [2.75, 3.05) is 6.54 Å². The number of rotatable bonds is 7. The fourth-order valence-electron chi connectivity index (χ4n) is 0.850. The largest absolute Gasteiger partial charge is 0.470 e. The Morgan fingerprint density at radius 3 is 2.60 bits per heavy atom. The van der Waals surface area contributed by atoms with Crippen molar-refractivity contribution in [3.8, 4) is 0 Å². The van der Waals surface area contributed by atoms with E-state index in [2.05, 4.69) is 4.52 Å². The zero-order chi connectivity index (χ0) is 11.9. The van der Waals surface area contributed by atoms with E-state index < -0.39 is 19.7 Å². The Morgan fingerprint density at radius 2 is 2.20 bits per heavy atom. The lowest BCUT2D eigenvalue weighted by atomic mass is 10.2. The number of hydrogen-bond acceptors (Lipinski definition) is 4. The molecule has 0 fully saturated rings. The molecule has 0 radical (unpaired) electrons. The molecular formula is C8H16NO5P. The molecule has 0 spiro atoms. The standard InChI is InChI=1S/C8H16NO5P/c1-2-3-4-5-7(10)8(6-9)14-15(11,12)13/h4-5,8H,2-3,6,9H2,1H3,(H2,11,12,13). The summed E-state index contributed by atoms with van der Waals surface area (Å²) in [5.41, 5.74) is 5.16. The van der Waals surface area contributed by atoms with Gasteiger partial charge in [0.2, 0.25) is 0 Å². The van der Waals surface area contributed by atoms with Crippen LogP contribution in [-0.2, 0) is 13.9 Å². The number of allylic oxidation sites excluding steroid dienone is 1. The van der Waals surface area contributed by atoms with Crippen molar-refractivity contribution < 1.29 is 23.7 Å². The van der Waals surface area contributed by atoms with Crippen LogP contribution in [0.25, 0.3) is 0 Å². The van der Waals surface area contributed by atoms with Gasteiger partial charge in [0.25, 0.3) is 0 Å². The van der Waals surface area contributed by atoms with Crippen LogP contribution in [-0.4, -0.2) is 28.2 Å². The third-order valence-electron chi connectivity index (χ3n) is 1.53. The summed E-state index contributed by atoms with van der Waals surface area (Å²) in [5, 5.41) is 0. The second-order valence-corrected chi connectivity index (χ2v) is 4.11. The Kier molecular flexibility index (Phi) is 6.63. The Bertz CT molecular complexity index is 272. The van der Waals surface area contributed by atoms with Gasteiger partial charge in [0.1, 0.15) is 6.10 Å². The van der Waals surface area contributed by atoms with Crippen molar-refractivity contribution in [2.45, 2.75) is 25.9 Å². The quantitative estimate of drug-likeness (QED) is 0.435. The van der Waals surface area contributed by atoms with Gasteiger partial charge in [-0.1, -0.05) is 19.4 Å². The molecule has 88 valence electrons. The summed E-state index contributed by atoms with van der Waals surface area (Å²) in [6, 6.07) is 0. The van der Waals surface area contributed by atoms with Gasteiger partial charge in [-0.3, -0.25) is 9.32 Å². The van der Waals surface area contributed by atoms with E-state index in [-0.39, 0.29) is 6.54 Å². The molecule has 0 saturated heterocycles. The Balaban J connectivity index is 4.29. The smallest absolute Gasteiger partial charge is 0.328 e. The molecule has 15 heavy (non-hydrogen) atoms. The number of unbranched alkanes of at least 4 members (excludes halogenated alkanes) is 1. The minimum atomic E-state index is -4.67. The summed E-state index contributed by atoms with van der Waals surface area (Å²) in [5.74, 6) is -0.533.